The summed E-state index contributed by atoms with van der Waals surface area (Å²) in [5, 5.41) is 4.82. The second-order valence-electron chi connectivity index (χ2n) is 5.85. The molecule has 1 fully saturated rings. The first-order valence-electron chi connectivity index (χ1n) is 8.43. The topological polar surface area (TPSA) is 75.7 Å². The number of thiophene rings is 1. The van der Waals surface area contributed by atoms with Gasteiger partial charge in [0.05, 0.1) is 4.91 Å². The van der Waals surface area contributed by atoms with E-state index in [0.29, 0.717) is 15.7 Å². The number of carbonyl (C=O) groups is 3. The van der Waals surface area contributed by atoms with E-state index < -0.39 is 6.10 Å². The van der Waals surface area contributed by atoms with Gasteiger partial charge in [0, 0.05) is 23.0 Å². The summed E-state index contributed by atoms with van der Waals surface area (Å²) >= 11 is 8.21. The van der Waals surface area contributed by atoms with Gasteiger partial charge in [-0.05, 0) is 60.5 Å². The van der Waals surface area contributed by atoms with Crippen molar-refractivity contribution >= 4 is 57.8 Å². The Balaban J connectivity index is 1.48. The van der Waals surface area contributed by atoms with E-state index in [9.17, 15) is 14.4 Å². The number of carbonyl (C=O) groups excluding carboxylic acids is 3. The van der Waals surface area contributed by atoms with Crippen molar-refractivity contribution in [3.63, 3.8) is 0 Å². The van der Waals surface area contributed by atoms with Gasteiger partial charge in [0.15, 0.2) is 6.10 Å². The molecular formula is C19H17ClN2O4S2. The van der Waals surface area contributed by atoms with Crippen LogP contribution in [0.5, 0.6) is 5.75 Å². The molecule has 146 valence electrons. The number of ether oxygens (including phenoxy) is 1. The van der Waals surface area contributed by atoms with Gasteiger partial charge in [0.25, 0.3) is 17.1 Å². The number of nitrogens with one attached hydrogen (secondary N) is 1. The molecule has 3 amide bonds. The summed E-state index contributed by atoms with van der Waals surface area (Å²) in [6, 6.07) is 10.4. The van der Waals surface area contributed by atoms with Crippen molar-refractivity contribution in [3.05, 3.63) is 56.6 Å². The molecule has 1 aromatic heterocycles. The molecule has 0 radical (unpaired) electrons. The van der Waals surface area contributed by atoms with Crippen molar-refractivity contribution < 1.29 is 19.1 Å². The highest BCUT2D eigenvalue weighted by atomic mass is 35.5. The molecule has 2 heterocycles. The molecule has 3 rings (SSSR count). The fourth-order valence-electron chi connectivity index (χ4n) is 2.40. The van der Waals surface area contributed by atoms with Crippen LogP contribution in [0.1, 0.15) is 11.8 Å². The van der Waals surface area contributed by atoms with Crippen molar-refractivity contribution in [1.82, 2.24) is 10.2 Å². The van der Waals surface area contributed by atoms with Gasteiger partial charge in [-0.3, -0.25) is 19.3 Å². The van der Waals surface area contributed by atoms with E-state index in [0.717, 1.165) is 21.5 Å². The lowest BCUT2D eigenvalue weighted by molar-refractivity contribution is -0.128. The van der Waals surface area contributed by atoms with Crippen LogP contribution in [0.4, 0.5) is 4.79 Å². The number of nitrogens with zero attached hydrogens (tertiary/aromatic N) is 1. The highest BCUT2D eigenvalue weighted by Gasteiger charge is 2.34. The second-order valence-corrected chi connectivity index (χ2v) is 8.26. The van der Waals surface area contributed by atoms with Crippen LogP contribution in [0.15, 0.2) is 46.7 Å². The lowest BCUT2D eigenvalue weighted by Crippen LogP contribution is -2.41. The molecule has 1 aromatic carbocycles. The lowest BCUT2D eigenvalue weighted by Gasteiger charge is -2.16. The zero-order chi connectivity index (χ0) is 20.1. The van der Waals surface area contributed by atoms with Gasteiger partial charge in [0.1, 0.15) is 5.75 Å². The first-order chi connectivity index (χ1) is 13.4. The molecule has 1 N–H and O–H groups in total. The summed E-state index contributed by atoms with van der Waals surface area (Å²) < 4.78 is 5.54. The van der Waals surface area contributed by atoms with E-state index in [-0.39, 0.29) is 30.1 Å². The molecule has 28 heavy (non-hydrogen) atoms. The minimum absolute atomic E-state index is 0.103. The van der Waals surface area contributed by atoms with Crippen molar-refractivity contribution in [2.75, 3.05) is 13.1 Å². The number of halogens is 1. The maximum absolute atomic E-state index is 12.4. The Morgan fingerprint density at radius 2 is 2.04 bits per heavy atom. The van der Waals surface area contributed by atoms with Crippen molar-refractivity contribution in [1.29, 1.82) is 0 Å². The molecule has 0 saturated carbocycles. The Kier molecular flexibility index (Phi) is 6.77. The zero-order valence-corrected chi connectivity index (χ0v) is 17.3. The van der Waals surface area contributed by atoms with Gasteiger partial charge in [0.2, 0.25) is 0 Å². The molecule has 1 aliphatic heterocycles. The quantitative estimate of drug-likeness (QED) is 0.663. The van der Waals surface area contributed by atoms with Crippen molar-refractivity contribution in [3.8, 4) is 5.75 Å². The van der Waals surface area contributed by atoms with Gasteiger partial charge >= 0.3 is 0 Å². The first-order valence-corrected chi connectivity index (χ1v) is 10.5. The summed E-state index contributed by atoms with van der Waals surface area (Å²) in [5.41, 5.74) is 0. The molecule has 1 unspecified atom stereocenters. The van der Waals surface area contributed by atoms with Gasteiger partial charge in [-0.15, -0.1) is 11.3 Å². The van der Waals surface area contributed by atoms with Gasteiger partial charge in [-0.2, -0.15) is 0 Å². The Hall–Kier alpha value is -2.29. The van der Waals surface area contributed by atoms with Crippen LogP contribution in [-0.2, 0) is 9.59 Å². The number of rotatable bonds is 7. The summed E-state index contributed by atoms with van der Waals surface area (Å²) in [5.74, 6) is -0.157. The summed E-state index contributed by atoms with van der Waals surface area (Å²) in [4.78, 5) is 39.1. The average molecular weight is 437 g/mol. The Bertz CT molecular complexity index is 897. The van der Waals surface area contributed by atoms with Gasteiger partial charge in [-0.1, -0.05) is 17.7 Å². The maximum Gasteiger partial charge on any atom is 0.293 e. The predicted molar refractivity (Wildman–Crippen MR) is 112 cm³/mol. The Morgan fingerprint density at radius 1 is 1.29 bits per heavy atom. The molecule has 1 aliphatic rings. The predicted octanol–water partition coefficient (Wildman–Crippen LogP) is 4.02. The monoisotopic (exact) mass is 436 g/mol. The van der Waals surface area contributed by atoms with Crippen LogP contribution in [0, 0.1) is 0 Å². The number of benzene rings is 1. The number of imide groups is 1. The van der Waals surface area contributed by atoms with E-state index in [1.54, 1.807) is 37.3 Å². The molecular weight excluding hydrogens is 420 g/mol. The van der Waals surface area contributed by atoms with Crippen molar-refractivity contribution in [2.45, 2.75) is 13.0 Å². The molecule has 0 aliphatic carbocycles. The van der Waals surface area contributed by atoms with Crippen LogP contribution >= 0.6 is 34.7 Å². The summed E-state index contributed by atoms with van der Waals surface area (Å²) in [6.07, 6.45) is 0.978. The molecule has 2 aromatic rings. The van der Waals surface area contributed by atoms with Crippen LogP contribution in [0.25, 0.3) is 6.08 Å². The van der Waals surface area contributed by atoms with Crippen LogP contribution < -0.4 is 10.1 Å². The molecule has 1 atom stereocenters. The third kappa shape index (κ3) is 5.15. The third-order valence-corrected chi connectivity index (χ3v) is 5.80. The van der Waals surface area contributed by atoms with E-state index in [1.807, 2.05) is 17.5 Å². The number of hydrogen-bond acceptors (Lipinski definition) is 6. The normalized spacial score (nSPS) is 16.5. The molecule has 6 nitrogen and oxygen atoms in total. The highest BCUT2D eigenvalue weighted by molar-refractivity contribution is 8.18. The number of hydrogen-bond donors (Lipinski definition) is 1. The van der Waals surface area contributed by atoms with Gasteiger partial charge < -0.3 is 10.1 Å². The third-order valence-electron chi connectivity index (χ3n) is 3.82. The van der Waals surface area contributed by atoms with E-state index in [1.165, 1.54) is 11.3 Å². The minimum Gasteiger partial charge on any atom is -0.481 e. The number of amides is 3. The van der Waals surface area contributed by atoms with Gasteiger partial charge in [-0.25, -0.2) is 0 Å². The van der Waals surface area contributed by atoms with E-state index in [4.69, 9.17) is 16.3 Å². The van der Waals surface area contributed by atoms with Crippen molar-refractivity contribution in [2.24, 2.45) is 0 Å². The Labute approximate surface area is 175 Å². The fraction of sp³-hybridized carbons (Fsp3) is 0.211. The van der Waals surface area contributed by atoms with Crippen LogP contribution in [0.2, 0.25) is 5.02 Å². The minimum atomic E-state index is -0.727. The second kappa shape index (κ2) is 9.27. The summed E-state index contributed by atoms with van der Waals surface area (Å²) in [6.45, 7) is 1.87. The number of thioether (sulfide) groups is 1. The zero-order valence-electron chi connectivity index (χ0n) is 14.9. The molecule has 0 bridgehead atoms. The SMILES string of the molecule is CC(Oc1ccc(Cl)cc1)C(=O)NCCN1C(=O)S/C(=C\c2cccs2)C1=O. The summed E-state index contributed by atoms with van der Waals surface area (Å²) in [7, 11) is 0. The highest BCUT2D eigenvalue weighted by Crippen LogP contribution is 2.32. The molecule has 1 saturated heterocycles. The smallest absolute Gasteiger partial charge is 0.293 e. The largest absolute Gasteiger partial charge is 0.481 e. The average Bonchev–Trinajstić information content (AvgIpc) is 3.27. The van der Waals surface area contributed by atoms with Crippen LogP contribution in [0.3, 0.4) is 0 Å². The van der Waals surface area contributed by atoms with E-state index in [2.05, 4.69) is 5.32 Å². The first kappa shape index (κ1) is 20.4. The standard InChI is InChI=1S/C19H17ClN2O4S2/c1-12(26-14-6-4-13(20)5-7-14)17(23)21-8-9-22-18(24)16(28-19(22)25)11-15-3-2-10-27-15/h2-7,10-12H,8-9H2,1H3,(H,21,23)/b16-11-. The Morgan fingerprint density at radius 3 is 2.71 bits per heavy atom. The maximum atomic E-state index is 12.4. The molecule has 9 heteroatoms. The molecule has 0 spiro atoms. The fourth-order valence-corrected chi connectivity index (χ4v) is 4.11. The van der Waals surface area contributed by atoms with Crippen LogP contribution in [-0.4, -0.2) is 41.1 Å². The lowest BCUT2D eigenvalue weighted by atomic mass is 10.3. The van der Waals surface area contributed by atoms with E-state index >= 15 is 0 Å².